The molecule has 8 heteroatoms. The van der Waals surface area contributed by atoms with Crippen LogP contribution >= 0.6 is 0 Å². The molecule has 0 bridgehead atoms. The van der Waals surface area contributed by atoms with E-state index in [4.69, 9.17) is 5.84 Å². The highest BCUT2D eigenvalue weighted by Gasteiger charge is 2.43. The maximum absolute atomic E-state index is 13.1. The Labute approximate surface area is 158 Å². The fraction of sp³-hybridized carbons (Fsp3) is 0.526. The zero-order chi connectivity index (χ0) is 19.1. The highest BCUT2D eigenvalue weighted by Crippen LogP contribution is 2.34. The summed E-state index contributed by atoms with van der Waals surface area (Å²) in [4.78, 5) is 43.0. The summed E-state index contributed by atoms with van der Waals surface area (Å²) < 4.78 is 0. The van der Waals surface area contributed by atoms with Crippen molar-refractivity contribution in [2.45, 2.75) is 44.3 Å². The maximum atomic E-state index is 13.1. The number of hydrazine groups is 1. The van der Waals surface area contributed by atoms with Gasteiger partial charge in [-0.2, -0.15) is 0 Å². The molecule has 4 rings (SSSR count). The maximum Gasteiger partial charge on any atom is 0.320 e. The number of nitrogens with one attached hydrogen (secondary N) is 1. The summed E-state index contributed by atoms with van der Waals surface area (Å²) in [6.07, 6.45) is 3.95. The van der Waals surface area contributed by atoms with Crippen LogP contribution in [-0.4, -0.2) is 64.8 Å². The second-order valence-corrected chi connectivity index (χ2v) is 7.60. The van der Waals surface area contributed by atoms with Crippen LogP contribution in [0.1, 0.15) is 52.0 Å². The second kappa shape index (κ2) is 6.84. The highest BCUT2D eigenvalue weighted by molar-refractivity contribution is 6.02. The van der Waals surface area contributed by atoms with Crippen molar-refractivity contribution in [3.05, 3.63) is 34.9 Å². The second-order valence-electron chi connectivity index (χ2n) is 7.60. The zero-order valence-corrected chi connectivity index (χ0v) is 15.5. The minimum absolute atomic E-state index is 0.0147. The number of likely N-dealkylation sites (N-methyl/N-ethyl adjacent to an activating group) is 1. The number of rotatable bonds is 3. The van der Waals surface area contributed by atoms with E-state index >= 15 is 0 Å². The lowest BCUT2D eigenvalue weighted by Crippen LogP contribution is -2.54. The first kappa shape index (κ1) is 17.8. The molecule has 0 radical (unpaired) electrons. The summed E-state index contributed by atoms with van der Waals surface area (Å²) in [5.41, 5.74) is 3.96. The van der Waals surface area contributed by atoms with Crippen molar-refractivity contribution in [2.75, 3.05) is 20.1 Å². The quantitative estimate of drug-likeness (QED) is 0.469. The van der Waals surface area contributed by atoms with E-state index in [0.29, 0.717) is 24.2 Å². The molecular weight excluding hydrogens is 346 g/mol. The third-order valence-electron chi connectivity index (χ3n) is 6.08. The van der Waals surface area contributed by atoms with Crippen molar-refractivity contribution in [1.29, 1.82) is 0 Å². The molecule has 1 saturated carbocycles. The van der Waals surface area contributed by atoms with Crippen LogP contribution < -0.4 is 11.3 Å². The van der Waals surface area contributed by atoms with Crippen molar-refractivity contribution in [2.24, 2.45) is 5.84 Å². The number of hydrogen-bond acceptors (Lipinski definition) is 4. The number of carbonyl (C=O) groups is 3. The Morgan fingerprint density at radius 3 is 2.44 bits per heavy atom. The molecule has 1 saturated heterocycles. The van der Waals surface area contributed by atoms with Crippen LogP contribution in [0.15, 0.2) is 18.2 Å². The van der Waals surface area contributed by atoms with Gasteiger partial charge in [-0.05, 0) is 30.5 Å². The first-order chi connectivity index (χ1) is 13.0. The Morgan fingerprint density at radius 2 is 1.81 bits per heavy atom. The van der Waals surface area contributed by atoms with Gasteiger partial charge in [-0.15, -0.1) is 0 Å². The Balaban J connectivity index is 1.59. The van der Waals surface area contributed by atoms with Crippen LogP contribution in [-0.2, 0) is 6.54 Å². The van der Waals surface area contributed by atoms with E-state index in [1.165, 1.54) is 0 Å². The molecule has 1 aromatic rings. The highest BCUT2D eigenvalue weighted by atomic mass is 16.2. The van der Waals surface area contributed by atoms with Gasteiger partial charge in [0.05, 0.1) is 12.1 Å². The van der Waals surface area contributed by atoms with Crippen molar-refractivity contribution < 1.29 is 14.4 Å². The van der Waals surface area contributed by atoms with Crippen molar-refractivity contribution in [3.8, 4) is 0 Å². The number of fused-ring (bicyclic) bond motifs is 1. The van der Waals surface area contributed by atoms with Crippen LogP contribution in [0, 0.1) is 0 Å². The molecule has 3 N–H and O–H groups in total. The average Bonchev–Trinajstić information content (AvgIpc) is 3.20. The van der Waals surface area contributed by atoms with Gasteiger partial charge in [-0.3, -0.25) is 15.0 Å². The van der Waals surface area contributed by atoms with E-state index in [2.05, 4.69) is 5.43 Å². The van der Waals surface area contributed by atoms with E-state index in [1.54, 1.807) is 17.0 Å². The predicted octanol–water partition coefficient (Wildman–Crippen LogP) is 0.925. The van der Waals surface area contributed by atoms with Crippen molar-refractivity contribution >= 4 is 17.8 Å². The third-order valence-corrected chi connectivity index (χ3v) is 6.08. The smallest absolute Gasteiger partial charge is 0.320 e. The molecule has 8 nitrogen and oxygen atoms in total. The number of carbonyl (C=O) groups excluding carboxylic acids is 3. The SMILES string of the molecule is CN1CCN([C@@H]2CCCC[C@H]2N2Cc3ccc(C(=O)NN)cc3C2=O)C1=O. The number of nitrogens with zero attached hydrogens (tertiary/aromatic N) is 3. The molecule has 4 amide bonds. The molecule has 0 unspecified atom stereocenters. The van der Waals surface area contributed by atoms with Gasteiger partial charge in [0, 0.05) is 37.8 Å². The fourth-order valence-corrected chi connectivity index (χ4v) is 4.61. The summed E-state index contributed by atoms with van der Waals surface area (Å²) in [7, 11) is 1.82. The van der Waals surface area contributed by atoms with E-state index in [9.17, 15) is 14.4 Å². The molecule has 2 atom stereocenters. The van der Waals surface area contributed by atoms with Gasteiger partial charge in [-0.1, -0.05) is 18.9 Å². The lowest BCUT2D eigenvalue weighted by atomic mass is 9.88. The lowest BCUT2D eigenvalue weighted by molar-refractivity contribution is 0.0481. The van der Waals surface area contributed by atoms with Gasteiger partial charge < -0.3 is 14.7 Å². The molecule has 3 aliphatic rings. The van der Waals surface area contributed by atoms with E-state index in [1.807, 2.05) is 22.9 Å². The largest absolute Gasteiger partial charge is 0.329 e. The van der Waals surface area contributed by atoms with Crippen LogP contribution in [0.4, 0.5) is 4.79 Å². The van der Waals surface area contributed by atoms with Crippen molar-refractivity contribution in [3.63, 3.8) is 0 Å². The van der Waals surface area contributed by atoms with Gasteiger partial charge in [-0.25, -0.2) is 10.6 Å². The fourth-order valence-electron chi connectivity index (χ4n) is 4.61. The molecule has 0 spiro atoms. The molecular formula is C19H25N5O3. The summed E-state index contributed by atoms with van der Waals surface area (Å²) >= 11 is 0. The first-order valence-electron chi connectivity index (χ1n) is 9.48. The Hall–Kier alpha value is -2.61. The van der Waals surface area contributed by atoms with E-state index in [-0.39, 0.29) is 24.0 Å². The number of benzene rings is 1. The van der Waals surface area contributed by atoms with E-state index < -0.39 is 5.91 Å². The Bertz CT molecular complexity index is 796. The van der Waals surface area contributed by atoms with Gasteiger partial charge in [0.2, 0.25) is 0 Å². The van der Waals surface area contributed by atoms with Crippen LogP contribution in [0.3, 0.4) is 0 Å². The number of nitrogens with two attached hydrogens (primary N) is 1. The molecule has 27 heavy (non-hydrogen) atoms. The summed E-state index contributed by atoms with van der Waals surface area (Å²) in [6, 6.07) is 5.26. The summed E-state index contributed by atoms with van der Waals surface area (Å²) in [5, 5.41) is 0. The molecule has 144 valence electrons. The zero-order valence-electron chi connectivity index (χ0n) is 15.5. The summed E-state index contributed by atoms with van der Waals surface area (Å²) in [5.74, 6) is 4.73. The topological polar surface area (TPSA) is 99.0 Å². The van der Waals surface area contributed by atoms with Crippen LogP contribution in [0.2, 0.25) is 0 Å². The molecule has 2 aliphatic heterocycles. The molecule has 2 fully saturated rings. The van der Waals surface area contributed by atoms with Gasteiger partial charge in [0.25, 0.3) is 11.8 Å². The normalized spacial score (nSPS) is 25.2. The number of hydrogen-bond donors (Lipinski definition) is 2. The molecule has 0 aromatic heterocycles. The van der Waals surface area contributed by atoms with Gasteiger partial charge in [0.1, 0.15) is 0 Å². The minimum Gasteiger partial charge on any atom is -0.329 e. The molecule has 1 aromatic carbocycles. The number of urea groups is 1. The molecule has 2 heterocycles. The lowest BCUT2D eigenvalue weighted by Gasteiger charge is -2.42. The standard InChI is InChI=1S/C19H25N5O3/c1-22-8-9-23(19(22)27)15-4-2-3-5-16(15)24-11-13-7-6-12(17(25)21-20)10-14(13)18(24)26/h6-7,10,15-16H,2-5,8-9,11,20H2,1H3,(H,21,25)/t15-,16-/m1/s1. The van der Waals surface area contributed by atoms with Crippen LogP contribution in [0.5, 0.6) is 0 Å². The van der Waals surface area contributed by atoms with Gasteiger partial charge in [0.15, 0.2) is 0 Å². The third kappa shape index (κ3) is 2.93. The van der Waals surface area contributed by atoms with E-state index in [0.717, 1.165) is 37.8 Å². The minimum atomic E-state index is -0.412. The van der Waals surface area contributed by atoms with Crippen molar-refractivity contribution in [1.82, 2.24) is 20.1 Å². The predicted molar refractivity (Wildman–Crippen MR) is 98.7 cm³/mol. The molecule has 1 aliphatic carbocycles. The Kier molecular flexibility index (Phi) is 4.51. The Morgan fingerprint density at radius 1 is 1.11 bits per heavy atom. The number of nitrogen functional groups attached to an aromatic ring is 1. The first-order valence-corrected chi connectivity index (χ1v) is 9.48. The number of amides is 4. The summed E-state index contributed by atoms with van der Waals surface area (Å²) in [6.45, 7) is 1.97. The van der Waals surface area contributed by atoms with Crippen LogP contribution in [0.25, 0.3) is 0 Å². The monoisotopic (exact) mass is 371 g/mol. The average molecular weight is 371 g/mol. The van der Waals surface area contributed by atoms with Gasteiger partial charge >= 0.3 is 6.03 Å².